The molecular weight excluding hydrogens is 1710 g/mol. The number of fused-ring (bicyclic) bond motifs is 24. The summed E-state index contributed by atoms with van der Waals surface area (Å²) < 4.78 is 18.2. The molecule has 8 heterocycles. The van der Waals surface area contributed by atoms with Crippen molar-refractivity contribution in [3.8, 4) is 63.7 Å². The lowest BCUT2D eigenvalue weighted by Gasteiger charge is -2.11. The summed E-state index contributed by atoms with van der Waals surface area (Å²) in [5.41, 5.74) is 30.3. The van der Waals surface area contributed by atoms with Crippen LogP contribution in [0.2, 0.25) is 0 Å². The van der Waals surface area contributed by atoms with Gasteiger partial charge in [-0.25, -0.2) is 14.5 Å². The van der Waals surface area contributed by atoms with Crippen molar-refractivity contribution >= 4 is 192 Å². The molecule has 0 saturated carbocycles. The first-order valence-electron chi connectivity index (χ1n) is 46.1. The van der Waals surface area contributed by atoms with Crippen LogP contribution in [-0.4, -0.2) is 36.5 Å². The number of para-hydroxylation sites is 12. The van der Waals surface area contributed by atoms with Crippen molar-refractivity contribution in [1.29, 1.82) is 15.8 Å². The second-order valence-electron chi connectivity index (χ2n) is 34.9. The minimum Gasteiger partial charge on any atom is -0.319 e. The van der Waals surface area contributed by atoms with Crippen molar-refractivity contribution < 1.29 is 0 Å². The molecule has 0 spiro atoms. The zero-order valence-corrected chi connectivity index (χ0v) is 75.0. The Bertz CT molecular complexity index is 10200. The maximum atomic E-state index is 9.47. The van der Waals surface area contributed by atoms with Gasteiger partial charge in [-0.1, -0.05) is 224 Å². The highest BCUT2D eigenvalue weighted by atomic mass is 15.0. The van der Waals surface area contributed by atoms with Gasteiger partial charge < -0.3 is 36.5 Å². The van der Waals surface area contributed by atoms with Gasteiger partial charge in [0.1, 0.15) is 0 Å². The third-order valence-corrected chi connectivity index (χ3v) is 27.4. The normalized spacial score (nSPS) is 11.4. The molecular formula is C126H74N14. The van der Waals surface area contributed by atoms with Gasteiger partial charge in [0, 0.05) is 126 Å². The number of hydrogen-bond donors (Lipinski definition) is 0. The Hall–Kier alpha value is -20.3. The minimum absolute atomic E-state index is 0.622. The molecule has 28 aromatic rings. The summed E-state index contributed by atoms with van der Waals surface area (Å²) in [5.74, 6) is 0. The molecule has 0 N–H and O–H groups in total. The molecule has 0 amide bonds. The van der Waals surface area contributed by atoms with Crippen LogP contribution in [0.15, 0.2) is 449 Å². The van der Waals surface area contributed by atoms with Gasteiger partial charge in [0.2, 0.25) is 5.69 Å². The third-order valence-electron chi connectivity index (χ3n) is 27.4. The van der Waals surface area contributed by atoms with Crippen molar-refractivity contribution in [3.63, 3.8) is 0 Å². The number of nitrogens with zero attached hydrogens (tertiary/aromatic N) is 14. The summed E-state index contributed by atoms with van der Waals surface area (Å²) in [6.07, 6.45) is 0. The minimum atomic E-state index is 0.622. The van der Waals surface area contributed by atoms with E-state index in [1.54, 1.807) is 0 Å². The van der Waals surface area contributed by atoms with Crippen molar-refractivity contribution in [3.05, 3.63) is 500 Å². The first-order chi connectivity index (χ1) is 69.2. The SMILES string of the molecule is N#Cc1ccc(-n2c3ccccc3c3cc(-n4c5ccccc5c5ccccc54)ccc32)cc1.[C-]#[N+]c1cccc(-n2c3ccccc3c3cc(-n4c5ccccc5c5cc(C#N)ccc54)ccc32)c1.[C-]#[N+]c1cccc(-n2c3ccccc3c3cc(-n4c5ccccc5c5ccccc54)ccc32)c1.[C-]#[N+]c1ccccc1-n1c2ccccc2c2cc(-n3c4ccccc4c4cc(C#N)ccc43)ccc21. The highest BCUT2D eigenvalue weighted by Crippen LogP contribution is 2.45. The Morgan fingerprint density at radius 2 is 0.364 bits per heavy atom. The van der Waals surface area contributed by atoms with Crippen molar-refractivity contribution in [2.24, 2.45) is 0 Å². The summed E-state index contributed by atoms with van der Waals surface area (Å²) >= 11 is 0. The Labute approximate surface area is 802 Å². The van der Waals surface area contributed by atoms with Crippen LogP contribution in [0.25, 0.3) is 234 Å². The molecule has 0 bridgehead atoms. The average Bonchev–Trinajstić information content (AvgIpc) is 1.58. The summed E-state index contributed by atoms with van der Waals surface area (Å²) in [4.78, 5) is 11.1. The number of nitriles is 3. The van der Waals surface area contributed by atoms with Gasteiger partial charge in [-0.05, 0) is 224 Å². The Morgan fingerprint density at radius 1 is 0.157 bits per heavy atom. The fraction of sp³-hybridized carbons (Fsp3) is 0. The van der Waals surface area contributed by atoms with Crippen LogP contribution in [0.4, 0.5) is 17.1 Å². The first kappa shape index (κ1) is 81.7. The first-order valence-corrected chi connectivity index (χ1v) is 46.1. The number of benzene rings is 20. The topological polar surface area (TPSA) is 124 Å². The van der Waals surface area contributed by atoms with Crippen LogP contribution >= 0.6 is 0 Å². The van der Waals surface area contributed by atoms with Gasteiger partial charge in [-0.3, -0.25) is 0 Å². The molecule has 0 unspecified atom stereocenters. The monoisotopic (exact) mass is 1780 g/mol. The maximum absolute atomic E-state index is 9.47. The Morgan fingerprint density at radius 3 is 0.643 bits per heavy atom. The molecule has 20 aromatic carbocycles. The summed E-state index contributed by atoms with van der Waals surface area (Å²) in [6.45, 7) is 22.6. The van der Waals surface area contributed by atoms with E-state index in [0.717, 1.165) is 155 Å². The molecule has 0 aliphatic rings. The van der Waals surface area contributed by atoms with E-state index in [1.807, 2.05) is 146 Å². The van der Waals surface area contributed by atoms with Crippen LogP contribution in [0.5, 0.6) is 0 Å². The summed E-state index contributed by atoms with van der Waals surface area (Å²) in [5, 5.41) is 47.0. The molecule has 28 rings (SSSR count). The molecule has 8 aromatic heterocycles. The van der Waals surface area contributed by atoms with E-state index in [4.69, 9.17) is 19.7 Å². The molecule has 140 heavy (non-hydrogen) atoms. The largest absolute Gasteiger partial charge is 0.319 e. The van der Waals surface area contributed by atoms with Crippen molar-refractivity contribution in [2.75, 3.05) is 0 Å². The lowest BCUT2D eigenvalue weighted by Crippen LogP contribution is -1.96. The molecule has 0 fully saturated rings. The van der Waals surface area contributed by atoms with Gasteiger partial charge in [-0.2, -0.15) is 15.8 Å². The highest BCUT2D eigenvalue weighted by molar-refractivity contribution is 6.18. The zero-order valence-electron chi connectivity index (χ0n) is 75.0. The van der Waals surface area contributed by atoms with Gasteiger partial charge in [-0.15, -0.1) is 0 Å². The van der Waals surface area contributed by atoms with E-state index in [2.05, 4.69) is 373 Å². The quantitative estimate of drug-likeness (QED) is 0.141. The molecule has 0 aliphatic heterocycles. The summed E-state index contributed by atoms with van der Waals surface area (Å²) in [6, 6.07) is 161. The predicted molar refractivity (Wildman–Crippen MR) is 573 cm³/mol. The Kier molecular flexibility index (Phi) is 19.5. The van der Waals surface area contributed by atoms with Crippen LogP contribution in [0.1, 0.15) is 16.7 Å². The van der Waals surface area contributed by atoms with Gasteiger partial charge in [0.05, 0.1) is 149 Å². The molecule has 0 atom stereocenters. The van der Waals surface area contributed by atoms with Gasteiger partial charge in [0.25, 0.3) is 0 Å². The third kappa shape index (κ3) is 13.2. The fourth-order valence-electron chi connectivity index (χ4n) is 21.4. The molecule has 0 aliphatic carbocycles. The highest BCUT2D eigenvalue weighted by Gasteiger charge is 2.25. The van der Waals surface area contributed by atoms with Crippen molar-refractivity contribution in [2.45, 2.75) is 0 Å². The van der Waals surface area contributed by atoms with Crippen LogP contribution in [-0.2, 0) is 0 Å². The number of aromatic nitrogens is 8. The predicted octanol–water partition coefficient (Wildman–Crippen LogP) is 32.8. The van der Waals surface area contributed by atoms with E-state index in [1.165, 1.54) is 65.2 Å². The lowest BCUT2D eigenvalue weighted by atomic mass is 10.1. The second-order valence-corrected chi connectivity index (χ2v) is 34.9. The summed E-state index contributed by atoms with van der Waals surface area (Å²) in [7, 11) is 0. The van der Waals surface area contributed by atoms with Crippen LogP contribution in [0.3, 0.4) is 0 Å². The van der Waals surface area contributed by atoms with E-state index < -0.39 is 0 Å². The van der Waals surface area contributed by atoms with E-state index >= 15 is 0 Å². The standard InChI is InChI=1S/2C32H18N4.2C31H19N3/c1-34-27-10-4-7-13-32(27)36-29-12-6-3-9-24(29)26-19-22(15-17-31(26)36)35-28-11-5-2-8-23(28)25-18-21(20-33)14-16-30(25)35;1-34-22-7-6-8-23(18-22)35-30-12-5-3-10-26(30)28-19-24(14-16-32(28)35)36-29-11-4-2-9-25(29)27-17-21(20-33)13-15-31(27)36;1-32-21-9-8-10-22(19-21)33-30-16-7-4-13-26(30)27-20-23(17-18-31(27)33)34-28-14-5-2-11-24(28)25-12-3-6-15-29(25)34;32-20-21-13-15-22(16-14-21)33-30-12-6-3-9-26(30)27-19-23(17-18-31(27)33)34-28-10-4-1-7-24(28)25-8-2-5-11-29(25)34/h2*2-19H;2-20H;1-19H. The maximum Gasteiger partial charge on any atom is 0.210 e. The van der Waals surface area contributed by atoms with Crippen molar-refractivity contribution in [1.82, 2.24) is 36.5 Å². The fourth-order valence-corrected chi connectivity index (χ4v) is 21.4. The number of hydrogen-bond acceptors (Lipinski definition) is 3. The van der Waals surface area contributed by atoms with E-state index in [9.17, 15) is 15.8 Å². The number of rotatable bonds is 8. The second kappa shape index (κ2) is 33.5. The molecule has 648 valence electrons. The van der Waals surface area contributed by atoms with E-state index in [-0.39, 0.29) is 0 Å². The Balaban J connectivity index is 0.0000000986. The molecule has 14 heteroatoms. The zero-order chi connectivity index (χ0) is 93.7. The smallest absolute Gasteiger partial charge is 0.210 e. The molecule has 0 saturated heterocycles. The van der Waals surface area contributed by atoms with Crippen LogP contribution < -0.4 is 0 Å². The molecule has 14 nitrogen and oxygen atoms in total. The van der Waals surface area contributed by atoms with Crippen LogP contribution in [0, 0.1) is 53.7 Å². The van der Waals surface area contributed by atoms with E-state index in [0.29, 0.717) is 33.8 Å². The van der Waals surface area contributed by atoms with Gasteiger partial charge in [0.15, 0.2) is 11.4 Å². The average molecular weight is 1780 g/mol. The lowest BCUT2D eigenvalue weighted by molar-refractivity contribution is 1.16. The van der Waals surface area contributed by atoms with Gasteiger partial charge >= 0.3 is 0 Å². The molecule has 0 radical (unpaired) electrons.